The first kappa shape index (κ1) is 27.7. The number of hydrazone groups is 1. The van der Waals surface area contributed by atoms with E-state index in [0.717, 1.165) is 30.0 Å². The van der Waals surface area contributed by atoms with Gasteiger partial charge in [0.25, 0.3) is 17.7 Å². The summed E-state index contributed by atoms with van der Waals surface area (Å²) in [5.74, 6) is -4.97. The van der Waals surface area contributed by atoms with Crippen molar-refractivity contribution in [3.05, 3.63) is 95.1 Å². The Labute approximate surface area is 224 Å². The summed E-state index contributed by atoms with van der Waals surface area (Å²) in [4.78, 5) is 62.5. The highest BCUT2D eigenvalue weighted by Gasteiger charge is 2.41. The minimum atomic E-state index is -4.73. The van der Waals surface area contributed by atoms with Crippen molar-refractivity contribution in [2.75, 3.05) is 10.2 Å². The highest BCUT2D eigenvalue weighted by atomic mass is 19.4. The SMILES string of the molecule is Cc1cccc(C(=O)Nc2ccc(C(=O)N/N=C\[C@H]3C(=O)NC(=O)N(c4cccc(C(F)(F)F)c4)C3=O)cc2)c1. The van der Waals surface area contributed by atoms with Crippen LogP contribution in [-0.4, -0.2) is 35.9 Å². The Morgan fingerprint density at radius 3 is 2.30 bits per heavy atom. The van der Waals surface area contributed by atoms with E-state index in [4.69, 9.17) is 0 Å². The van der Waals surface area contributed by atoms with Crippen molar-refractivity contribution in [2.24, 2.45) is 11.0 Å². The van der Waals surface area contributed by atoms with Gasteiger partial charge in [-0.05, 0) is 61.5 Å². The number of nitrogens with zero attached hydrogens (tertiary/aromatic N) is 2. The number of benzene rings is 3. The lowest BCUT2D eigenvalue weighted by molar-refractivity contribution is -0.138. The summed E-state index contributed by atoms with van der Waals surface area (Å²) in [5.41, 5.74) is 2.58. The number of hydrogen-bond donors (Lipinski definition) is 3. The van der Waals surface area contributed by atoms with E-state index in [-0.39, 0.29) is 11.5 Å². The van der Waals surface area contributed by atoms with Gasteiger partial charge in [0.1, 0.15) is 0 Å². The van der Waals surface area contributed by atoms with Crippen LogP contribution in [0.1, 0.15) is 31.8 Å². The molecule has 1 saturated heterocycles. The fourth-order valence-corrected chi connectivity index (χ4v) is 3.72. The van der Waals surface area contributed by atoms with Gasteiger partial charge in [-0.3, -0.25) is 24.5 Å². The number of rotatable bonds is 6. The topological polar surface area (TPSA) is 137 Å². The van der Waals surface area contributed by atoms with E-state index in [1.807, 2.05) is 18.3 Å². The third kappa shape index (κ3) is 6.20. The highest BCUT2D eigenvalue weighted by molar-refractivity contribution is 6.32. The van der Waals surface area contributed by atoms with Gasteiger partial charge in [-0.15, -0.1) is 0 Å². The van der Waals surface area contributed by atoms with Crippen LogP contribution in [0, 0.1) is 12.8 Å². The quantitative estimate of drug-likeness (QED) is 0.243. The van der Waals surface area contributed by atoms with E-state index in [9.17, 15) is 37.1 Å². The molecule has 10 nitrogen and oxygen atoms in total. The number of nitrogens with one attached hydrogen (secondary N) is 3. The molecule has 3 aromatic rings. The number of anilines is 2. The Balaban J connectivity index is 1.40. The molecule has 3 aromatic carbocycles. The predicted octanol–water partition coefficient (Wildman–Crippen LogP) is 3.88. The van der Waals surface area contributed by atoms with Crippen molar-refractivity contribution in [1.29, 1.82) is 0 Å². The molecule has 204 valence electrons. The fourth-order valence-electron chi connectivity index (χ4n) is 3.72. The zero-order valence-electron chi connectivity index (χ0n) is 20.7. The first-order chi connectivity index (χ1) is 18.9. The van der Waals surface area contributed by atoms with Crippen molar-refractivity contribution in [3.8, 4) is 0 Å². The van der Waals surface area contributed by atoms with Crippen LogP contribution in [0.25, 0.3) is 0 Å². The van der Waals surface area contributed by atoms with Gasteiger partial charge >= 0.3 is 12.2 Å². The summed E-state index contributed by atoms with van der Waals surface area (Å²) in [7, 11) is 0. The summed E-state index contributed by atoms with van der Waals surface area (Å²) in [6.45, 7) is 1.86. The first-order valence-corrected chi connectivity index (χ1v) is 11.6. The van der Waals surface area contributed by atoms with Gasteiger partial charge < -0.3 is 5.32 Å². The summed E-state index contributed by atoms with van der Waals surface area (Å²) in [6.07, 6.45) is -3.96. The first-order valence-electron chi connectivity index (χ1n) is 11.6. The van der Waals surface area contributed by atoms with Gasteiger partial charge in [-0.1, -0.05) is 23.8 Å². The van der Waals surface area contributed by atoms with Crippen molar-refractivity contribution in [3.63, 3.8) is 0 Å². The van der Waals surface area contributed by atoms with Gasteiger partial charge in [-0.25, -0.2) is 15.1 Å². The van der Waals surface area contributed by atoms with Crippen LogP contribution < -0.4 is 21.0 Å². The number of alkyl halides is 3. The van der Waals surface area contributed by atoms with Crippen LogP contribution in [-0.2, 0) is 15.8 Å². The Morgan fingerprint density at radius 1 is 0.925 bits per heavy atom. The molecule has 3 N–H and O–H groups in total. The second-order valence-electron chi connectivity index (χ2n) is 8.61. The maximum absolute atomic E-state index is 13.1. The van der Waals surface area contributed by atoms with Crippen molar-refractivity contribution in [2.45, 2.75) is 13.1 Å². The minimum absolute atomic E-state index is 0.130. The predicted molar refractivity (Wildman–Crippen MR) is 137 cm³/mol. The molecule has 1 aliphatic rings. The molecule has 0 aliphatic carbocycles. The maximum Gasteiger partial charge on any atom is 0.416 e. The van der Waals surface area contributed by atoms with Crippen LogP contribution in [0.5, 0.6) is 0 Å². The lowest BCUT2D eigenvalue weighted by Gasteiger charge is -2.28. The van der Waals surface area contributed by atoms with E-state index in [2.05, 4.69) is 15.8 Å². The monoisotopic (exact) mass is 551 g/mol. The Morgan fingerprint density at radius 2 is 1.62 bits per heavy atom. The van der Waals surface area contributed by atoms with Gasteiger partial charge in [0.15, 0.2) is 5.92 Å². The molecule has 1 heterocycles. The highest BCUT2D eigenvalue weighted by Crippen LogP contribution is 2.32. The van der Waals surface area contributed by atoms with E-state index in [1.54, 1.807) is 18.2 Å². The summed E-state index contributed by atoms with van der Waals surface area (Å²) in [5, 5.41) is 8.19. The lowest BCUT2D eigenvalue weighted by atomic mass is 10.1. The normalized spacial score (nSPS) is 15.7. The second kappa shape index (κ2) is 11.2. The number of urea groups is 1. The van der Waals surface area contributed by atoms with E-state index < -0.39 is 47.1 Å². The van der Waals surface area contributed by atoms with Crippen LogP contribution >= 0.6 is 0 Å². The number of imide groups is 2. The average molecular weight is 551 g/mol. The van der Waals surface area contributed by atoms with Crippen molar-refractivity contribution < 1.29 is 37.1 Å². The fraction of sp³-hybridized carbons (Fsp3) is 0.111. The van der Waals surface area contributed by atoms with Crippen molar-refractivity contribution in [1.82, 2.24) is 10.7 Å². The molecule has 0 spiro atoms. The Kier molecular flexibility index (Phi) is 7.75. The zero-order chi connectivity index (χ0) is 29.0. The molecule has 13 heteroatoms. The van der Waals surface area contributed by atoms with Crippen LogP contribution in [0.3, 0.4) is 0 Å². The molecule has 0 unspecified atom stereocenters. The smallest absolute Gasteiger partial charge is 0.322 e. The molecule has 0 aromatic heterocycles. The van der Waals surface area contributed by atoms with E-state index >= 15 is 0 Å². The number of carbonyl (C=O) groups is 5. The van der Waals surface area contributed by atoms with E-state index in [1.165, 1.54) is 24.3 Å². The lowest BCUT2D eigenvalue weighted by Crippen LogP contribution is -2.58. The zero-order valence-corrected chi connectivity index (χ0v) is 20.7. The molecule has 0 radical (unpaired) electrons. The van der Waals surface area contributed by atoms with Gasteiger partial charge in [-0.2, -0.15) is 18.3 Å². The largest absolute Gasteiger partial charge is 0.416 e. The molecule has 4 rings (SSSR count). The third-order valence-electron chi connectivity index (χ3n) is 5.71. The molecule has 1 atom stereocenters. The van der Waals surface area contributed by atoms with E-state index in [0.29, 0.717) is 22.2 Å². The number of halogens is 3. The van der Waals surface area contributed by atoms with Crippen molar-refractivity contribution >= 4 is 47.2 Å². The molecular formula is C27H20F3N5O5. The Hall–Kier alpha value is -5.33. The third-order valence-corrected chi connectivity index (χ3v) is 5.71. The molecule has 1 aliphatic heterocycles. The summed E-state index contributed by atoms with van der Waals surface area (Å²) < 4.78 is 39.2. The molecule has 0 saturated carbocycles. The van der Waals surface area contributed by atoms with Crippen LogP contribution in [0.2, 0.25) is 0 Å². The standard InChI is InChI=1S/C27H20F3N5O5/c1-15-4-2-5-17(12-15)22(36)32-19-10-8-16(9-11-19)23(37)34-31-14-21-24(38)33-26(40)35(25(21)39)20-7-3-6-18(13-20)27(28,29)30/h2-14,21H,1H3,(H,32,36)(H,34,37)(H,33,38,40)/b31-14-/t21-/m0/s1. The van der Waals surface area contributed by atoms with Crippen LogP contribution in [0.4, 0.5) is 29.3 Å². The molecular weight excluding hydrogens is 531 g/mol. The van der Waals surface area contributed by atoms with Gasteiger partial charge in [0, 0.05) is 23.0 Å². The number of carbonyl (C=O) groups excluding carboxylic acids is 5. The average Bonchev–Trinajstić information content (AvgIpc) is 2.90. The second-order valence-corrected chi connectivity index (χ2v) is 8.61. The molecule has 40 heavy (non-hydrogen) atoms. The van der Waals surface area contributed by atoms with Gasteiger partial charge in [0.05, 0.1) is 11.3 Å². The van der Waals surface area contributed by atoms with Crippen LogP contribution in [0.15, 0.2) is 77.9 Å². The summed E-state index contributed by atoms with van der Waals surface area (Å²) in [6, 6.07) is 15.0. The number of amides is 6. The molecule has 1 fully saturated rings. The molecule has 6 amide bonds. The minimum Gasteiger partial charge on any atom is -0.322 e. The molecule has 0 bridgehead atoms. The number of barbiturate groups is 1. The Bertz CT molecular complexity index is 1540. The number of aryl methyl sites for hydroxylation is 1. The van der Waals surface area contributed by atoms with Gasteiger partial charge in [0.2, 0.25) is 5.91 Å². The maximum atomic E-state index is 13.1. The summed E-state index contributed by atoms with van der Waals surface area (Å²) >= 11 is 0. The number of hydrogen-bond acceptors (Lipinski definition) is 6.